The molecule has 0 spiro atoms. The standard InChI is InChI=1S/C11H18N4/c1-15(8-9-2-3-9)11-13-6-10(4-5-12)7-14-11/h6-7,9H,2-5,8,12H2,1H3. The van der Waals surface area contributed by atoms with Crippen LogP contribution < -0.4 is 10.6 Å². The van der Waals surface area contributed by atoms with Crippen molar-refractivity contribution in [3.05, 3.63) is 18.0 Å². The molecule has 0 saturated heterocycles. The highest BCUT2D eigenvalue weighted by molar-refractivity contribution is 5.28. The monoisotopic (exact) mass is 206 g/mol. The number of nitrogens with two attached hydrogens (primary N) is 1. The fourth-order valence-corrected chi connectivity index (χ4v) is 1.61. The van der Waals surface area contributed by atoms with Gasteiger partial charge in [-0.25, -0.2) is 9.97 Å². The molecule has 1 fully saturated rings. The van der Waals surface area contributed by atoms with Crippen LogP contribution in [-0.2, 0) is 6.42 Å². The Balaban J connectivity index is 1.95. The highest BCUT2D eigenvalue weighted by Gasteiger charge is 2.23. The molecule has 0 atom stereocenters. The lowest BCUT2D eigenvalue weighted by Gasteiger charge is -2.16. The third-order valence-corrected chi connectivity index (χ3v) is 2.70. The van der Waals surface area contributed by atoms with Crippen LogP contribution in [0, 0.1) is 5.92 Å². The van der Waals surface area contributed by atoms with Crippen molar-refractivity contribution in [3.8, 4) is 0 Å². The summed E-state index contributed by atoms with van der Waals surface area (Å²) in [6.45, 7) is 1.73. The SMILES string of the molecule is CN(CC1CC1)c1ncc(CCN)cn1. The molecule has 1 saturated carbocycles. The zero-order chi connectivity index (χ0) is 10.7. The van der Waals surface area contributed by atoms with Crippen molar-refractivity contribution < 1.29 is 0 Å². The maximum Gasteiger partial charge on any atom is 0.224 e. The predicted octanol–water partition coefficient (Wildman–Crippen LogP) is 0.824. The molecular weight excluding hydrogens is 188 g/mol. The first-order valence-corrected chi connectivity index (χ1v) is 5.51. The summed E-state index contributed by atoms with van der Waals surface area (Å²) in [7, 11) is 2.05. The van der Waals surface area contributed by atoms with Crippen LogP contribution in [0.25, 0.3) is 0 Å². The van der Waals surface area contributed by atoms with Gasteiger partial charge in [0.25, 0.3) is 0 Å². The Hall–Kier alpha value is -1.16. The van der Waals surface area contributed by atoms with E-state index in [1.54, 1.807) is 0 Å². The molecule has 0 unspecified atom stereocenters. The van der Waals surface area contributed by atoms with Crippen LogP contribution in [0.3, 0.4) is 0 Å². The van der Waals surface area contributed by atoms with E-state index in [1.165, 1.54) is 12.8 Å². The third-order valence-electron chi connectivity index (χ3n) is 2.70. The van der Waals surface area contributed by atoms with Gasteiger partial charge < -0.3 is 10.6 Å². The molecule has 82 valence electrons. The Morgan fingerprint density at radius 1 is 1.40 bits per heavy atom. The summed E-state index contributed by atoms with van der Waals surface area (Å²) < 4.78 is 0. The maximum absolute atomic E-state index is 5.47. The summed E-state index contributed by atoms with van der Waals surface area (Å²) in [6.07, 6.45) is 7.31. The molecule has 1 heterocycles. The van der Waals surface area contributed by atoms with Crippen LogP contribution >= 0.6 is 0 Å². The Morgan fingerprint density at radius 3 is 2.60 bits per heavy atom. The fraction of sp³-hybridized carbons (Fsp3) is 0.636. The van der Waals surface area contributed by atoms with Gasteiger partial charge in [-0.05, 0) is 37.3 Å². The average Bonchev–Trinajstić information content (AvgIpc) is 3.03. The summed E-state index contributed by atoms with van der Waals surface area (Å²) >= 11 is 0. The summed E-state index contributed by atoms with van der Waals surface area (Å²) in [5.74, 6) is 1.69. The molecule has 15 heavy (non-hydrogen) atoms. The largest absolute Gasteiger partial charge is 0.344 e. The second-order valence-corrected chi connectivity index (χ2v) is 4.25. The Morgan fingerprint density at radius 2 is 2.07 bits per heavy atom. The molecule has 0 aromatic carbocycles. The van der Waals surface area contributed by atoms with E-state index in [9.17, 15) is 0 Å². The average molecular weight is 206 g/mol. The van der Waals surface area contributed by atoms with Crippen LogP contribution in [0.2, 0.25) is 0 Å². The van der Waals surface area contributed by atoms with E-state index in [2.05, 4.69) is 21.9 Å². The van der Waals surface area contributed by atoms with E-state index in [0.29, 0.717) is 6.54 Å². The number of rotatable bonds is 5. The van der Waals surface area contributed by atoms with Crippen molar-refractivity contribution in [2.24, 2.45) is 11.7 Å². The number of hydrogen-bond acceptors (Lipinski definition) is 4. The van der Waals surface area contributed by atoms with Gasteiger partial charge in [0, 0.05) is 26.0 Å². The van der Waals surface area contributed by atoms with Crippen molar-refractivity contribution >= 4 is 5.95 Å². The minimum absolute atomic E-state index is 0.653. The van der Waals surface area contributed by atoms with Gasteiger partial charge in [-0.2, -0.15) is 0 Å². The fourth-order valence-electron chi connectivity index (χ4n) is 1.61. The van der Waals surface area contributed by atoms with E-state index >= 15 is 0 Å². The molecule has 0 amide bonds. The van der Waals surface area contributed by atoms with Crippen LogP contribution in [0.1, 0.15) is 18.4 Å². The zero-order valence-electron chi connectivity index (χ0n) is 9.19. The van der Waals surface area contributed by atoms with Gasteiger partial charge in [0.1, 0.15) is 0 Å². The summed E-state index contributed by atoms with van der Waals surface area (Å²) in [6, 6.07) is 0. The second-order valence-electron chi connectivity index (χ2n) is 4.25. The summed E-state index contributed by atoms with van der Waals surface area (Å²) in [5.41, 5.74) is 6.58. The molecule has 2 N–H and O–H groups in total. The molecule has 1 aliphatic rings. The molecule has 4 heteroatoms. The van der Waals surface area contributed by atoms with Crippen molar-refractivity contribution in [2.45, 2.75) is 19.3 Å². The van der Waals surface area contributed by atoms with Crippen LogP contribution in [0.5, 0.6) is 0 Å². The molecule has 0 bridgehead atoms. The molecule has 4 nitrogen and oxygen atoms in total. The third kappa shape index (κ3) is 2.89. The van der Waals surface area contributed by atoms with Gasteiger partial charge in [0.15, 0.2) is 0 Å². The number of aromatic nitrogens is 2. The summed E-state index contributed by atoms with van der Waals surface area (Å²) in [5, 5.41) is 0. The van der Waals surface area contributed by atoms with Crippen molar-refractivity contribution in [1.29, 1.82) is 0 Å². The predicted molar refractivity (Wildman–Crippen MR) is 60.8 cm³/mol. The van der Waals surface area contributed by atoms with Gasteiger partial charge in [0.05, 0.1) is 0 Å². The van der Waals surface area contributed by atoms with Crippen molar-refractivity contribution in [1.82, 2.24) is 9.97 Å². The number of nitrogens with zero attached hydrogens (tertiary/aromatic N) is 3. The van der Waals surface area contributed by atoms with E-state index < -0.39 is 0 Å². The van der Waals surface area contributed by atoms with Gasteiger partial charge in [-0.1, -0.05) is 0 Å². The number of anilines is 1. The van der Waals surface area contributed by atoms with Gasteiger partial charge in [0.2, 0.25) is 5.95 Å². The van der Waals surface area contributed by atoms with Crippen LogP contribution in [-0.4, -0.2) is 30.1 Å². The topological polar surface area (TPSA) is 55.0 Å². The van der Waals surface area contributed by atoms with E-state index in [4.69, 9.17) is 5.73 Å². The zero-order valence-corrected chi connectivity index (χ0v) is 9.19. The molecule has 2 rings (SSSR count). The lowest BCUT2D eigenvalue weighted by molar-refractivity contribution is 0.761. The lowest BCUT2D eigenvalue weighted by atomic mass is 10.2. The first-order valence-electron chi connectivity index (χ1n) is 5.51. The first-order chi connectivity index (χ1) is 7.29. The Labute approximate surface area is 90.5 Å². The normalized spacial score (nSPS) is 15.3. The summed E-state index contributed by atoms with van der Waals surface area (Å²) in [4.78, 5) is 10.8. The molecule has 0 aliphatic heterocycles. The Kier molecular flexibility index (Phi) is 3.16. The smallest absolute Gasteiger partial charge is 0.224 e. The molecule has 1 aliphatic carbocycles. The second kappa shape index (κ2) is 4.57. The lowest BCUT2D eigenvalue weighted by Crippen LogP contribution is -2.22. The van der Waals surface area contributed by atoms with Crippen molar-refractivity contribution in [3.63, 3.8) is 0 Å². The van der Waals surface area contributed by atoms with Gasteiger partial charge in [-0.15, -0.1) is 0 Å². The quantitative estimate of drug-likeness (QED) is 0.775. The number of hydrogen-bond donors (Lipinski definition) is 1. The van der Waals surface area contributed by atoms with E-state index in [-0.39, 0.29) is 0 Å². The highest BCUT2D eigenvalue weighted by atomic mass is 15.2. The minimum Gasteiger partial charge on any atom is -0.344 e. The maximum atomic E-state index is 5.47. The highest BCUT2D eigenvalue weighted by Crippen LogP contribution is 2.29. The first kappa shape index (κ1) is 10.4. The van der Waals surface area contributed by atoms with Crippen LogP contribution in [0.4, 0.5) is 5.95 Å². The van der Waals surface area contributed by atoms with Crippen LogP contribution in [0.15, 0.2) is 12.4 Å². The van der Waals surface area contributed by atoms with Gasteiger partial charge >= 0.3 is 0 Å². The molecule has 1 aromatic heterocycles. The molecular formula is C11H18N4. The van der Waals surface area contributed by atoms with Crippen molar-refractivity contribution in [2.75, 3.05) is 25.0 Å². The van der Waals surface area contributed by atoms with E-state index in [0.717, 1.165) is 30.4 Å². The minimum atomic E-state index is 0.653. The Bertz CT molecular complexity index is 305. The molecule has 0 radical (unpaired) electrons. The molecule has 1 aromatic rings. The van der Waals surface area contributed by atoms with Gasteiger partial charge in [-0.3, -0.25) is 0 Å². The van der Waals surface area contributed by atoms with E-state index in [1.807, 2.05) is 12.4 Å².